The molecule has 7 rings (SSSR count). The van der Waals surface area contributed by atoms with Gasteiger partial charge in [-0.05, 0) is 48.0 Å². The molecule has 0 unspecified atom stereocenters. The van der Waals surface area contributed by atoms with Crippen molar-refractivity contribution in [2.75, 3.05) is 27.4 Å². The number of nitrogens with one attached hydrogen (secondary N) is 1. The van der Waals surface area contributed by atoms with Crippen LogP contribution in [0.5, 0.6) is 11.5 Å². The van der Waals surface area contributed by atoms with Crippen LogP contribution in [0.25, 0.3) is 0 Å². The minimum atomic E-state index is -0.206. The van der Waals surface area contributed by atoms with Gasteiger partial charge in [-0.1, -0.05) is 6.07 Å². The van der Waals surface area contributed by atoms with E-state index in [1.54, 1.807) is 14.2 Å². The Morgan fingerprint density at radius 1 is 1.00 bits per heavy atom. The summed E-state index contributed by atoms with van der Waals surface area (Å²) in [6.45, 7) is 2.44. The van der Waals surface area contributed by atoms with E-state index in [9.17, 15) is 0 Å². The molecule has 5 heteroatoms. The number of hydrogen-bond donors (Lipinski definition) is 1. The van der Waals surface area contributed by atoms with Crippen LogP contribution in [0.1, 0.15) is 12.0 Å². The summed E-state index contributed by atoms with van der Waals surface area (Å²) in [6.07, 6.45) is 1.43. The van der Waals surface area contributed by atoms with Crippen LogP contribution >= 0.6 is 0 Å². The average molecular weight is 369 g/mol. The van der Waals surface area contributed by atoms with Gasteiger partial charge in [-0.15, -0.1) is 0 Å². The Balaban J connectivity index is 1.17. The normalized spacial score (nSPS) is 48.6. The molecule has 6 aliphatic rings. The Morgan fingerprint density at radius 3 is 2.63 bits per heavy atom. The van der Waals surface area contributed by atoms with E-state index in [2.05, 4.69) is 11.4 Å². The molecule has 9 atom stereocenters. The van der Waals surface area contributed by atoms with Crippen molar-refractivity contribution in [3.05, 3.63) is 23.8 Å². The molecule has 5 saturated carbocycles. The predicted molar refractivity (Wildman–Crippen MR) is 97.3 cm³/mol. The van der Waals surface area contributed by atoms with Gasteiger partial charge in [-0.2, -0.15) is 0 Å². The molecule has 5 nitrogen and oxygen atoms in total. The smallest absolute Gasteiger partial charge is 0.175 e. The summed E-state index contributed by atoms with van der Waals surface area (Å²) in [5, 5.41) is 3.96. The van der Waals surface area contributed by atoms with Crippen molar-refractivity contribution in [1.29, 1.82) is 0 Å². The maximum Gasteiger partial charge on any atom is 0.175 e. The van der Waals surface area contributed by atoms with Gasteiger partial charge in [-0.3, -0.25) is 0 Å². The van der Waals surface area contributed by atoms with Crippen molar-refractivity contribution in [2.24, 2.45) is 47.3 Å². The number of rotatable bonds is 5. The molecule has 0 aromatic heterocycles. The Kier molecular flexibility index (Phi) is 2.89. The highest BCUT2D eigenvalue weighted by molar-refractivity contribution is 5.41. The third kappa shape index (κ3) is 1.58. The molecule has 1 N–H and O–H groups in total. The van der Waals surface area contributed by atoms with E-state index in [-0.39, 0.29) is 5.79 Å². The quantitative estimate of drug-likeness (QED) is 0.863. The first-order chi connectivity index (χ1) is 13.3. The lowest BCUT2D eigenvalue weighted by Crippen LogP contribution is -2.62. The van der Waals surface area contributed by atoms with Gasteiger partial charge in [0.05, 0.1) is 27.4 Å². The van der Waals surface area contributed by atoms with Crippen molar-refractivity contribution >= 4 is 0 Å². The van der Waals surface area contributed by atoms with Crippen molar-refractivity contribution < 1.29 is 18.9 Å². The van der Waals surface area contributed by atoms with Crippen LogP contribution in [0.2, 0.25) is 0 Å². The zero-order valence-corrected chi connectivity index (χ0v) is 15.9. The molecular weight excluding hydrogens is 342 g/mol. The fourth-order valence-corrected chi connectivity index (χ4v) is 8.81. The first kappa shape index (κ1) is 15.6. The summed E-state index contributed by atoms with van der Waals surface area (Å²) in [4.78, 5) is 0. The van der Waals surface area contributed by atoms with E-state index in [0.29, 0.717) is 17.9 Å². The van der Waals surface area contributed by atoms with Crippen LogP contribution in [0.15, 0.2) is 18.2 Å². The van der Waals surface area contributed by atoms with Crippen LogP contribution in [0, 0.1) is 47.3 Å². The minimum Gasteiger partial charge on any atom is -0.497 e. The van der Waals surface area contributed by atoms with E-state index >= 15 is 0 Å². The molecule has 6 fully saturated rings. The molecule has 1 aromatic rings. The number of ether oxygens (including phenoxy) is 4. The van der Waals surface area contributed by atoms with Gasteiger partial charge in [0.25, 0.3) is 0 Å². The third-order valence-electron chi connectivity index (χ3n) is 9.14. The highest BCUT2D eigenvalue weighted by Gasteiger charge is 2.88. The molecule has 1 aromatic carbocycles. The van der Waals surface area contributed by atoms with E-state index in [0.717, 1.165) is 66.8 Å². The van der Waals surface area contributed by atoms with Crippen molar-refractivity contribution in [3.63, 3.8) is 0 Å². The average Bonchev–Trinajstić information content (AvgIpc) is 3.37. The number of hydrogen-bond acceptors (Lipinski definition) is 5. The monoisotopic (exact) mass is 369 g/mol. The molecular formula is C22H27NO4. The van der Waals surface area contributed by atoms with Gasteiger partial charge < -0.3 is 24.3 Å². The topological polar surface area (TPSA) is 49.0 Å². The number of benzene rings is 1. The van der Waals surface area contributed by atoms with E-state index < -0.39 is 0 Å². The molecule has 1 heterocycles. The zero-order chi connectivity index (χ0) is 17.9. The molecule has 0 amide bonds. The standard InChI is InChI=1S/C22H27NO4/c1-24-11-4-3-10(14(7-11)25-2)9-23-21-17-12-8-13-16-15(12)18(21)20(16)22(19(13)17)26-5-6-27-22/h3-4,7,12-13,15-21,23H,5-6,8-9H2,1-2H3/t12-,13+,15-,16+,17+,18-,19-,20+,21-/m0/s1. The van der Waals surface area contributed by atoms with Gasteiger partial charge in [0.2, 0.25) is 0 Å². The fourth-order valence-electron chi connectivity index (χ4n) is 8.81. The second-order valence-electron chi connectivity index (χ2n) is 9.43. The summed E-state index contributed by atoms with van der Waals surface area (Å²) in [5.74, 6) is 7.90. The third-order valence-corrected chi connectivity index (χ3v) is 9.14. The molecule has 2 bridgehead atoms. The second kappa shape index (κ2) is 5.00. The maximum absolute atomic E-state index is 6.35. The van der Waals surface area contributed by atoms with E-state index in [1.807, 2.05) is 12.1 Å². The molecule has 1 aliphatic heterocycles. The van der Waals surface area contributed by atoms with Crippen LogP contribution in [0.4, 0.5) is 0 Å². The maximum atomic E-state index is 6.35. The molecule has 5 aliphatic carbocycles. The summed E-state index contributed by atoms with van der Waals surface area (Å²) >= 11 is 0. The van der Waals surface area contributed by atoms with Gasteiger partial charge in [0.15, 0.2) is 5.79 Å². The number of methoxy groups -OCH3 is 2. The molecule has 1 saturated heterocycles. The van der Waals surface area contributed by atoms with Crippen LogP contribution in [-0.2, 0) is 16.0 Å². The first-order valence-corrected chi connectivity index (χ1v) is 10.5. The van der Waals surface area contributed by atoms with Crippen molar-refractivity contribution in [2.45, 2.75) is 24.8 Å². The van der Waals surface area contributed by atoms with Crippen LogP contribution in [0.3, 0.4) is 0 Å². The summed E-state index contributed by atoms with van der Waals surface area (Å²) in [5.41, 5.74) is 1.21. The summed E-state index contributed by atoms with van der Waals surface area (Å²) in [7, 11) is 3.43. The Bertz CT molecular complexity index is 806. The van der Waals surface area contributed by atoms with Gasteiger partial charge in [0, 0.05) is 36.1 Å². The largest absolute Gasteiger partial charge is 0.497 e. The van der Waals surface area contributed by atoms with Crippen molar-refractivity contribution in [1.82, 2.24) is 5.32 Å². The lowest BCUT2D eigenvalue weighted by atomic mass is 9.57. The Hall–Kier alpha value is -1.30. The van der Waals surface area contributed by atoms with Gasteiger partial charge in [0.1, 0.15) is 11.5 Å². The van der Waals surface area contributed by atoms with Crippen LogP contribution < -0.4 is 14.8 Å². The second-order valence-corrected chi connectivity index (χ2v) is 9.43. The Morgan fingerprint density at radius 2 is 1.85 bits per heavy atom. The SMILES string of the molecule is COc1ccc(CN[C@@H]2[C@H]3[C@H]4[C@@H]5C[C@@H]6[C@H]4[C@H]3C3(OCCO3)[C@@H]6[C@@H]52)c(OC)c1. The van der Waals surface area contributed by atoms with E-state index in [1.165, 1.54) is 12.0 Å². The van der Waals surface area contributed by atoms with Gasteiger partial charge in [-0.25, -0.2) is 0 Å². The van der Waals surface area contributed by atoms with Crippen LogP contribution in [-0.4, -0.2) is 39.3 Å². The summed E-state index contributed by atoms with van der Waals surface area (Å²) < 4.78 is 23.6. The first-order valence-electron chi connectivity index (χ1n) is 10.5. The minimum absolute atomic E-state index is 0.206. The molecule has 1 spiro atoms. The molecule has 0 radical (unpaired) electrons. The highest BCUT2D eigenvalue weighted by Crippen LogP contribution is 2.86. The fraction of sp³-hybridized carbons (Fsp3) is 0.727. The molecule has 27 heavy (non-hydrogen) atoms. The zero-order valence-electron chi connectivity index (χ0n) is 15.9. The summed E-state index contributed by atoms with van der Waals surface area (Å²) in [6, 6.07) is 6.74. The lowest BCUT2D eigenvalue weighted by Gasteiger charge is -2.54. The Labute approximate surface area is 159 Å². The number of fused-ring (bicyclic) bond motifs is 4. The van der Waals surface area contributed by atoms with Gasteiger partial charge >= 0.3 is 0 Å². The van der Waals surface area contributed by atoms with Crippen molar-refractivity contribution in [3.8, 4) is 11.5 Å². The predicted octanol–water partition coefficient (Wildman–Crippen LogP) is 2.29. The molecule has 144 valence electrons. The van der Waals surface area contributed by atoms with E-state index in [4.69, 9.17) is 18.9 Å². The lowest BCUT2D eigenvalue weighted by molar-refractivity contribution is -0.264. The highest BCUT2D eigenvalue weighted by atomic mass is 16.7.